The average Bonchev–Trinajstić information content (AvgIpc) is 2.62. The number of amides is 2. The van der Waals surface area contributed by atoms with Crippen LogP contribution in [-0.4, -0.2) is 28.4 Å². The number of imide groups is 1. The van der Waals surface area contributed by atoms with Crippen LogP contribution >= 0.6 is 0 Å². The molecule has 1 aromatic rings. The molecule has 0 aliphatic carbocycles. The zero-order valence-electron chi connectivity index (χ0n) is 16.3. The quantitative estimate of drug-likeness (QED) is 0.750. The zero-order valence-corrected chi connectivity index (χ0v) is 16.3. The van der Waals surface area contributed by atoms with Gasteiger partial charge in [-0.1, -0.05) is 33.8 Å². The molecular formula is C18H30N4O3. The van der Waals surface area contributed by atoms with Crippen LogP contribution in [0.5, 0.6) is 0 Å². The molecule has 2 amide bonds. The fourth-order valence-electron chi connectivity index (χ4n) is 2.47. The number of carbonyl (C=O) groups is 2. The van der Waals surface area contributed by atoms with Crippen molar-refractivity contribution < 1.29 is 9.59 Å². The molecule has 7 heteroatoms. The van der Waals surface area contributed by atoms with Crippen molar-refractivity contribution in [3.8, 4) is 0 Å². The van der Waals surface area contributed by atoms with Gasteiger partial charge in [0, 0.05) is 19.7 Å². The van der Waals surface area contributed by atoms with Gasteiger partial charge in [0.2, 0.25) is 11.8 Å². The molecule has 1 saturated heterocycles. The lowest BCUT2D eigenvalue weighted by atomic mass is 10.1. The molecule has 0 aromatic carbocycles. The third-order valence-corrected chi connectivity index (χ3v) is 3.44. The topological polar surface area (TPSA) is 93.1 Å². The second-order valence-corrected chi connectivity index (χ2v) is 4.82. The summed E-state index contributed by atoms with van der Waals surface area (Å²) < 4.78 is 1.36. The Hall–Kier alpha value is -2.44. The number of piperidine rings is 1. The number of hydrogen-bond acceptors (Lipinski definition) is 5. The van der Waals surface area contributed by atoms with E-state index in [1.54, 1.807) is 33.2 Å². The van der Waals surface area contributed by atoms with E-state index in [-0.39, 0.29) is 17.9 Å². The summed E-state index contributed by atoms with van der Waals surface area (Å²) in [5.41, 5.74) is -0.292. The first-order chi connectivity index (χ1) is 12.0. The molecule has 2 rings (SSSR count). The first kappa shape index (κ1) is 22.6. The third-order valence-electron chi connectivity index (χ3n) is 3.44. The molecular weight excluding hydrogens is 320 g/mol. The Kier molecular flexibility index (Phi) is 10.1. The van der Waals surface area contributed by atoms with Crippen molar-refractivity contribution >= 4 is 24.1 Å². The summed E-state index contributed by atoms with van der Waals surface area (Å²) >= 11 is 0. The van der Waals surface area contributed by atoms with Crippen LogP contribution in [0.1, 0.15) is 59.3 Å². The lowest BCUT2D eigenvalue weighted by Gasteiger charge is -2.24. The van der Waals surface area contributed by atoms with Crippen molar-refractivity contribution in [2.45, 2.75) is 60.4 Å². The Labute approximate surface area is 148 Å². The van der Waals surface area contributed by atoms with E-state index < -0.39 is 11.9 Å². The predicted octanol–water partition coefficient (Wildman–Crippen LogP) is 0.340. The molecule has 0 saturated carbocycles. The largest absolute Gasteiger partial charge is 0.393 e. The smallest absolute Gasteiger partial charge is 0.263 e. The highest BCUT2D eigenvalue weighted by Gasteiger charge is 2.30. The van der Waals surface area contributed by atoms with Gasteiger partial charge < -0.3 is 5.32 Å². The number of nitrogens with one attached hydrogen (secondary N) is 2. The first-order valence-corrected chi connectivity index (χ1v) is 8.76. The standard InChI is InChI=1S/C14H18N4O3.2C2H6/c1-4-10-9(7-15-3)14(21)18(8(2)16-10)11-5-6-12(19)17-13(11)20;2*1-2/h4,7,11,15H,5-6H2,1-3H3,(H,17,19,20);2*1-2H3/b9-7+,10-4+;;. The monoisotopic (exact) mass is 350 g/mol. The SMILES string of the molecule is C/C=c1/nc(C)n(C2CCC(=O)NC2=O)c(=O)/c1=C/NC.CC.CC. The van der Waals surface area contributed by atoms with Gasteiger partial charge in [0.1, 0.15) is 11.9 Å². The van der Waals surface area contributed by atoms with Crippen LogP contribution in [-0.2, 0) is 9.59 Å². The maximum Gasteiger partial charge on any atom is 0.263 e. The van der Waals surface area contributed by atoms with Crippen molar-refractivity contribution in [3.05, 3.63) is 26.7 Å². The van der Waals surface area contributed by atoms with E-state index in [1.807, 2.05) is 27.7 Å². The van der Waals surface area contributed by atoms with Crippen LogP contribution in [0, 0.1) is 6.92 Å². The Morgan fingerprint density at radius 1 is 1.20 bits per heavy atom. The number of aryl methyl sites for hydroxylation is 1. The minimum absolute atomic E-state index is 0.217. The Balaban J connectivity index is 0.00000134. The number of aromatic nitrogens is 2. The molecule has 1 unspecified atom stereocenters. The number of nitrogens with zero attached hydrogens (tertiary/aromatic N) is 2. The van der Waals surface area contributed by atoms with E-state index in [0.717, 1.165) is 0 Å². The summed E-state index contributed by atoms with van der Waals surface area (Å²) in [6.45, 7) is 11.5. The van der Waals surface area contributed by atoms with Gasteiger partial charge in [0.25, 0.3) is 5.56 Å². The minimum atomic E-state index is -0.697. The number of carbonyl (C=O) groups excluding carboxylic acids is 2. The van der Waals surface area contributed by atoms with E-state index in [9.17, 15) is 14.4 Å². The molecule has 1 fully saturated rings. The molecule has 1 aliphatic rings. The average molecular weight is 350 g/mol. The second kappa shape index (κ2) is 11.2. The van der Waals surface area contributed by atoms with Crippen molar-refractivity contribution in [2.75, 3.05) is 7.05 Å². The van der Waals surface area contributed by atoms with Crippen LogP contribution in [0.4, 0.5) is 0 Å². The maximum atomic E-state index is 12.7. The van der Waals surface area contributed by atoms with Gasteiger partial charge in [-0.05, 0) is 20.3 Å². The molecule has 0 radical (unpaired) electrons. The van der Waals surface area contributed by atoms with Crippen LogP contribution in [0.3, 0.4) is 0 Å². The molecule has 7 nitrogen and oxygen atoms in total. The normalized spacial score (nSPS) is 17.8. The van der Waals surface area contributed by atoms with Gasteiger partial charge in [0.15, 0.2) is 0 Å². The van der Waals surface area contributed by atoms with Gasteiger partial charge in [0.05, 0.1) is 10.6 Å². The van der Waals surface area contributed by atoms with Crippen LogP contribution in [0.25, 0.3) is 12.3 Å². The molecule has 1 aliphatic heterocycles. The summed E-state index contributed by atoms with van der Waals surface area (Å²) in [5.74, 6) is -0.312. The van der Waals surface area contributed by atoms with Gasteiger partial charge >= 0.3 is 0 Å². The van der Waals surface area contributed by atoms with Crippen molar-refractivity contribution in [1.82, 2.24) is 20.2 Å². The van der Waals surface area contributed by atoms with E-state index in [0.29, 0.717) is 22.8 Å². The molecule has 2 heterocycles. The molecule has 2 N–H and O–H groups in total. The van der Waals surface area contributed by atoms with Crippen molar-refractivity contribution in [1.29, 1.82) is 0 Å². The van der Waals surface area contributed by atoms with Crippen LogP contribution < -0.4 is 26.8 Å². The summed E-state index contributed by atoms with van der Waals surface area (Å²) in [6.07, 6.45) is 3.83. The second-order valence-electron chi connectivity index (χ2n) is 4.82. The van der Waals surface area contributed by atoms with E-state index in [1.165, 1.54) is 4.57 Å². The Bertz CT molecular complexity index is 766. The minimum Gasteiger partial charge on any atom is -0.393 e. The van der Waals surface area contributed by atoms with Crippen molar-refractivity contribution in [3.63, 3.8) is 0 Å². The summed E-state index contributed by atoms with van der Waals surface area (Å²) in [7, 11) is 1.69. The maximum absolute atomic E-state index is 12.7. The Morgan fingerprint density at radius 2 is 1.80 bits per heavy atom. The van der Waals surface area contributed by atoms with Gasteiger partial charge in [-0.15, -0.1) is 0 Å². The molecule has 1 atom stereocenters. The van der Waals surface area contributed by atoms with E-state index in [4.69, 9.17) is 0 Å². The highest BCUT2D eigenvalue weighted by Crippen LogP contribution is 2.16. The van der Waals surface area contributed by atoms with Crippen LogP contribution in [0.2, 0.25) is 0 Å². The summed E-state index contributed by atoms with van der Waals surface area (Å²) in [5, 5.41) is 6.04. The molecule has 0 spiro atoms. The number of rotatable bonds is 2. The highest BCUT2D eigenvalue weighted by molar-refractivity contribution is 5.99. The van der Waals surface area contributed by atoms with E-state index in [2.05, 4.69) is 15.6 Å². The molecule has 25 heavy (non-hydrogen) atoms. The fourth-order valence-corrected chi connectivity index (χ4v) is 2.47. The lowest BCUT2D eigenvalue weighted by molar-refractivity contribution is -0.135. The zero-order chi connectivity index (χ0) is 19.6. The molecule has 0 bridgehead atoms. The van der Waals surface area contributed by atoms with Crippen molar-refractivity contribution in [2.24, 2.45) is 0 Å². The number of hydrogen-bond donors (Lipinski definition) is 2. The van der Waals surface area contributed by atoms with Gasteiger partial charge in [-0.3, -0.25) is 24.3 Å². The Morgan fingerprint density at radius 3 is 2.28 bits per heavy atom. The first-order valence-electron chi connectivity index (χ1n) is 8.76. The fraction of sp³-hybridized carbons (Fsp3) is 0.556. The lowest BCUT2D eigenvalue weighted by Crippen LogP contribution is -2.53. The molecule has 140 valence electrons. The summed E-state index contributed by atoms with van der Waals surface area (Å²) in [6, 6.07) is -0.697. The van der Waals surface area contributed by atoms with Gasteiger partial charge in [-0.25, -0.2) is 4.98 Å². The predicted molar refractivity (Wildman–Crippen MR) is 100 cm³/mol. The van der Waals surface area contributed by atoms with Crippen LogP contribution in [0.15, 0.2) is 4.79 Å². The third kappa shape index (κ3) is 5.27. The highest BCUT2D eigenvalue weighted by atomic mass is 16.2. The summed E-state index contributed by atoms with van der Waals surface area (Å²) in [4.78, 5) is 40.2. The molecule has 1 aromatic heterocycles. The van der Waals surface area contributed by atoms with Gasteiger partial charge in [-0.2, -0.15) is 0 Å². The van der Waals surface area contributed by atoms with E-state index >= 15 is 0 Å².